The molecule has 1 saturated heterocycles. The van der Waals surface area contributed by atoms with E-state index in [1.165, 1.54) is 0 Å². The summed E-state index contributed by atoms with van der Waals surface area (Å²) in [4.78, 5) is 0. The third-order valence-electron chi connectivity index (χ3n) is 0.957. The Bertz CT molecular complexity index is 15.2. The second kappa shape index (κ2) is 2.08. The van der Waals surface area contributed by atoms with Crippen LogP contribution < -0.4 is 0 Å². The Morgan fingerprint density at radius 2 is 1.60 bits per heavy atom. The summed E-state index contributed by atoms with van der Waals surface area (Å²) in [6.45, 7) is 0. The third-order valence-corrected chi connectivity index (χ3v) is 4.99. The number of hydrogen-bond donors (Lipinski definition) is 0. The van der Waals surface area contributed by atoms with Crippen molar-refractivity contribution in [1.29, 1.82) is 0 Å². The van der Waals surface area contributed by atoms with E-state index < -0.39 is 0 Å². The molecule has 1 aliphatic rings. The second-order valence-electron chi connectivity index (χ2n) is 1.46. The van der Waals surface area contributed by atoms with Crippen molar-refractivity contribution in [3.05, 3.63) is 0 Å². The zero-order valence-electron chi connectivity index (χ0n) is 3.33. The molecule has 30 valence electrons. The van der Waals surface area contributed by atoms with Crippen LogP contribution in [0.4, 0.5) is 0 Å². The maximum absolute atomic E-state index is 1.67. The van der Waals surface area contributed by atoms with Gasteiger partial charge in [0.25, 0.3) is 0 Å². The van der Waals surface area contributed by atoms with Crippen molar-refractivity contribution in [3.63, 3.8) is 0 Å². The number of rotatable bonds is 0. The van der Waals surface area contributed by atoms with Crippen LogP contribution in [0.25, 0.3) is 0 Å². The monoisotopic (exact) mass is 178 g/mol. The van der Waals surface area contributed by atoms with Crippen LogP contribution in [0.3, 0.4) is 0 Å². The molecule has 0 N–H and O–H groups in total. The molecule has 0 radical (unpaired) electrons. The van der Waals surface area contributed by atoms with E-state index >= 15 is 0 Å². The van der Waals surface area contributed by atoms with Crippen molar-refractivity contribution >= 4 is 21.6 Å². The van der Waals surface area contributed by atoms with E-state index in [2.05, 4.69) is 0 Å². The van der Waals surface area contributed by atoms with Crippen LogP contribution in [-0.4, -0.2) is 21.6 Å². The first kappa shape index (κ1) is 3.99. The van der Waals surface area contributed by atoms with Crippen LogP contribution in [0, 0.1) is 0 Å². The molecule has 0 atom stereocenters. The summed E-state index contributed by atoms with van der Waals surface area (Å²) >= 11 is 0.329. The summed E-state index contributed by atoms with van der Waals surface area (Å²) in [5.74, 6) is 0. The zero-order valence-corrected chi connectivity index (χ0v) is 6.18. The van der Waals surface area contributed by atoms with Gasteiger partial charge in [0.1, 0.15) is 0 Å². The summed E-state index contributed by atoms with van der Waals surface area (Å²) in [6.07, 6.45) is 3.15. The van der Waals surface area contributed by atoms with Crippen LogP contribution in [0.2, 0.25) is 8.73 Å². The number of hydrogen-bond acceptors (Lipinski definition) is 0. The Morgan fingerprint density at radius 1 is 1.00 bits per heavy atom. The van der Waals surface area contributed by atoms with Gasteiger partial charge in [-0.1, -0.05) is 0 Å². The van der Waals surface area contributed by atoms with E-state index in [1.807, 2.05) is 0 Å². The topological polar surface area (TPSA) is 0 Å². The van der Waals surface area contributed by atoms with Gasteiger partial charge < -0.3 is 0 Å². The van der Waals surface area contributed by atoms with E-state index in [0.29, 0.717) is 21.6 Å². The van der Waals surface area contributed by atoms with Gasteiger partial charge in [-0.15, -0.1) is 0 Å². The second-order valence-corrected chi connectivity index (χ2v) is 5.74. The first-order chi connectivity index (χ1) is 2.50. The van der Waals surface area contributed by atoms with Crippen LogP contribution in [0.1, 0.15) is 12.8 Å². The molecule has 0 bridgehead atoms. The molecule has 0 amide bonds. The molecule has 5 heavy (non-hydrogen) atoms. The van der Waals surface area contributed by atoms with Gasteiger partial charge in [0.15, 0.2) is 0 Å². The van der Waals surface area contributed by atoms with Gasteiger partial charge in [0, 0.05) is 0 Å². The average molecular weight is 179 g/mol. The molecule has 0 nitrogen and oxygen atoms in total. The molecule has 0 unspecified atom stereocenters. The molecule has 0 spiro atoms. The predicted molar refractivity (Wildman–Crippen MR) is 26.0 cm³/mol. The SMILES string of the molecule is C1C[CH2][SbH][CH2]1. The molecule has 0 aliphatic carbocycles. The van der Waals surface area contributed by atoms with Crippen molar-refractivity contribution in [2.45, 2.75) is 21.6 Å². The normalized spacial score (nSPS) is 24.0. The zero-order chi connectivity index (χ0) is 3.54. The Hall–Kier alpha value is 0.818. The first-order valence-corrected chi connectivity index (χ1v) is 6.24. The molecule has 1 heteroatoms. The van der Waals surface area contributed by atoms with E-state index in [1.54, 1.807) is 21.6 Å². The predicted octanol–water partition coefficient (Wildman–Crippen LogP) is 1.05. The van der Waals surface area contributed by atoms with Crippen LogP contribution in [0.15, 0.2) is 0 Å². The summed E-state index contributed by atoms with van der Waals surface area (Å²) < 4.78 is 3.34. The molecule has 0 aromatic rings. The summed E-state index contributed by atoms with van der Waals surface area (Å²) in [6, 6.07) is 0. The van der Waals surface area contributed by atoms with Crippen molar-refractivity contribution < 1.29 is 0 Å². The quantitative estimate of drug-likeness (QED) is 0.487. The van der Waals surface area contributed by atoms with Crippen molar-refractivity contribution in [1.82, 2.24) is 0 Å². The molecule has 1 aliphatic heterocycles. The Balaban J connectivity index is 2.08. The molecule has 0 saturated carbocycles. The van der Waals surface area contributed by atoms with E-state index in [0.717, 1.165) is 0 Å². The first-order valence-electron chi connectivity index (χ1n) is 2.21. The Morgan fingerprint density at radius 3 is 1.80 bits per heavy atom. The van der Waals surface area contributed by atoms with Gasteiger partial charge in [0.05, 0.1) is 0 Å². The molecule has 1 fully saturated rings. The van der Waals surface area contributed by atoms with Gasteiger partial charge in [-0.3, -0.25) is 0 Å². The van der Waals surface area contributed by atoms with Crippen molar-refractivity contribution in [3.8, 4) is 0 Å². The molecule has 1 heterocycles. The summed E-state index contributed by atoms with van der Waals surface area (Å²) in [5.41, 5.74) is 0. The fourth-order valence-electron chi connectivity index (χ4n) is 0.625. The van der Waals surface area contributed by atoms with Gasteiger partial charge in [0.2, 0.25) is 0 Å². The molecular formula is C4H9Sb. The Labute approximate surface area is 43.5 Å². The van der Waals surface area contributed by atoms with Gasteiger partial charge >= 0.3 is 43.2 Å². The standard InChI is InChI=1S/C4H8.Sb.H/c1-3-4-2;;/h1-4H2;;. The summed E-state index contributed by atoms with van der Waals surface area (Å²) in [5, 5.41) is 0. The Kier molecular flexibility index (Phi) is 1.66. The molecular weight excluding hydrogens is 170 g/mol. The third kappa shape index (κ3) is 1.13. The minimum absolute atomic E-state index is 0.329. The van der Waals surface area contributed by atoms with Crippen molar-refractivity contribution in [2.75, 3.05) is 0 Å². The van der Waals surface area contributed by atoms with Gasteiger partial charge in [-0.05, 0) is 0 Å². The molecule has 0 aromatic carbocycles. The van der Waals surface area contributed by atoms with Crippen LogP contribution in [-0.2, 0) is 0 Å². The molecule has 0 aromatic heterocycles. The summed E-state index contributed by atoms with van der Waals surface area (Å²) in [7, 11) is 0. The minimum atomic E-state index is 0.329. The van der Waals surface area contributed by atoms with E-state index in [-0.39, 0.29) is 0 Å². The fourth-order valence-corrected chi connectivity index (χ4v) is 4.19. The van der Waals surface area contributed by atoms with Crippen LogP contribution >= 0.6 is 0 Å². The van der Waals surface area contributed by atoms with E-state index in [4.69, 9.17) is 0 Å². The van der Waals surface area contributed by atoms with E-state index in [9.17, 15) is 0 Å². The molecule has 1 rings (SSSR count). The van der Waals surface area contributed by atoms with Gasteiger partial charge in [-0.25, -0.2) is 0 Å². The van der Waals surface area contributed by atoms with Gasteiger partial charge in [-0.2, -0.15) is 0 Å². The average Bonchev–Trinajstić information content (AvgIpc) is 1.76. The maximum atomic E-state index is 1.67. The van der Waals surface area contributed by atoms with Crippen molar-refractivity contribution in [2.24, 2.45) is 0 Å². The fraction of sp³-hybridized carbons (Fsp3) is 1.00. The van der Waals surface area contributed by atoms with Crippen LogP contribution in [0.5, 0.6) is 0 Å².